The molecule has 1 aromatic heterocycles. The molecule has 0 radical (unpaired) electrons. The molecule has 0 fully saturated rings. The lowest BCUT2D eigenvalue weighted by atomic mass is 10.3. The van der Waals surface area contributed by atoms with Crippen LogP contribution in [0.1, 0.15) is 28.8 Å². The number of carbonyl (C=O) groups excluding carboxylic acids is 1. The first-order valence-electron chi connectivity index (χ1n) is 5.77. The van der Waals surface area contributed by atoms with E-state index in [-0.39, 0.29) is 24.3 Å². The Morgan fingerprint density at radius 3 is 2.84 bits per heavy atom. The van der Waals surface area contributed by atoms with Crippen LogP contribution in [0.3, 0.4) is 0 Å². The number of thioether (sulfide) groups is 1. The molecule has 2 amide bonds. The number of nitrogens with one attached hydrogen (secondary N) is 2. The highest BCUT2D eigenvalue weighted by molar-refractivity contribution is 7.98. The molecule has 1 aromatic rings. The summed E-state index contributed by atoms with van der Waals surface area (Å²) in [5.74, 6) is -0.192. The fraction of sp³-hybridized carbons (Fsp3) is 0.545. The van der Waals surface area contributed by atoms with Gasteiger partial charge >= 0.3 is 12.0 Å². The van der Waals surface area contributed by atoms with Crippen molar-refractivity contribution in [2.75, 3.05) is 12.0 Å². The van der Waals surface area contributed by atoms with Crippen molar-refractivity contribution in [3.8, 4) is 0 Å². The predicted octanol–water partition coefficient (Wildman–Crippen LogP) is 1.78. The number of nitrogens with zero attached hydrogens (tertiary/aromatic N) is 1. The number of amides is 2. The minimum Gasteiger partial charge on any atom is -0.476 e. The van der Waals surface area contributed by atoms with Crippen molar-refractivity contribution in [2.24, 2.45) is 0 Å². The smallest absolute Gasteiger partial charge is 0.355 e. The number of carboxylic acids is 1. The van der Waals surface area contributed by atoms with E-state index in [1.165, 1.54) is 16.7 Å². The molecular formula is C11H17N3O3S2. The Hall–Kier alpha value is -1.28. The van der Waals surface area contributed by atoms with Gasteiger partial charge in [-0.2, -0.15) is 11.8 Å². The largest absolute Gasteiger partial charge is 0.476 e. The number of rotatable bonds is 7. The lowest BCUT2D eigenvalue weighted by Gasteiger charge is -2.15. The van der Waals surface area contributed by atoms with E-state index < -0.39 is 5.97 Å². The molecule has 1 rings (SSSR count). The molecule has 19 heavy (non-hydrogen) atoms. The van der Waals surface area contributed by atoms with E-state index in [4.69, 9.17) is 5.11 Å². The van der Waals surface area contributed by atoms with Crippen LogP contribution in [-0.2, 0) is 6.54 Å². The second-order valence-corrected chi connectivity index (χ2v) is 5.67. The van der Waals surface area contributed by atoms with Crippen LogP contribution in [-0.4, -0.2) is 40.1 Å². The van der Waals surface area contributed by atoms with Crippen LogP contribution in [0, 0.1) is 0 Å². The molecule has 1 heterocycles. The van der Waals surface area contributed by atoms with Crippen molar-refractivity contribution in [3.63, 3.8) is 0 Å². The summed E-state index contributed by atoms with van der Waals surface area (Å²) in [6.45, 7) is 2.25. The molecule has 1 unspecified atom stereocenters. The summed E-state index contributed by atoms with van der Waals surface area (Å²) in [5, 5.41) is 16.3. The van der Waals surface area contributed by atoms with Gasteiger partial charge in [-0.25, -0.2) is 14.6 Å². The van der Waals surface area contributed by atoms with Crippen molar-refractivity contribution in [3.05, 3.63) is 16.1 Å². The van der Waals surface area contributed by atoms with E-state index in [1.807, 2.05) is 13.2 Å². The molecule has 3 N–H and O–H groups in total. The Morgan fingerprint density at radius 2 is 2.32 bits per heavy atom. The molecule has 0 bridgehead atoms. The Kier molecular flexibility index (Phi) is 6.65. The monoisotopic (exact) mass is 303 g/mol. The molecule has 106 valence electrons. The molecule has 0 spiro atoms. The highest BCUT2D eigenvalue weighted by Crippen LogP contribution is 2.09. The SMILES string of the molecule is CCC(CSC)NC(=O)NCc1nc(C(=O)O)cs1. The van der Waals surface area contributed by atoms with E-state index >= 15 is 0 Å². The summed E-state index contributed by atoms with van der Waals surface area (Å²) in [7, 11) is 0. The van der Waals surface area contributed by atoms with Crippen molar-refractivity contribution >= 4 is 35.1 Å². The Morgan fingerprint density at radius 1 is 1.58 bits per heavy atom. The van der Waals surface area contributed by atoms with E-state index in [0.29, 0.717) is 5.01 Å². The Labute approximate surface area is 120 Å². The zero-order valence-corrected chi connectivity index (χ0v) is 12.4. The van der Waals surface area contributed by atoms with E-state index in [1.54, 1.807) is 11.8 Å². The van der Waals surface area contributed by atoms with E-state index in [9.17, 15) is 9.59 Å². The number of thiazole rings is 1. The quantitative estimate of drug-likeness (QED) is 0.714. The molecule has 0 aliphatic heterocycles. The maximum Gasteiger partial charge on any atom is 0.355 e. The molecule has 1 atom stereocenters. The molecule has 8 heteroatoms. The first kappa shape index (κ1) is 15.8. The van der Waals surface area contributed by atoms with Crippen LogP contribution in [0.25, 0.3) is 0 Å². The van der Waals surface area contributed by atoms with Crippen LogP contribution in [0.2, 0.25) is 0 Å². The van der Waals surface area contributed by atoms with Gasteiger partial charge in [-0.05, 0) is 12.7 Å². The standard InChI is InChI=1S/C11H17N3O3S2/c1-3-7(5-18-2)13-11(17)12-4-9-14-8(6-19-9)10(15)16/h6-7H,3-5H2,1-2H3,(H,15,16)(H2,12,13,17). The minimum absolute atomic E-state index is 0.0102. The third-order valence-electron chi connectivity index (χ3n) is 2.37. The van der Waals surface area contributed by atoms with Crippen LogP contribution in [0.15, 0.2) is 5.38 Å². The molecule has 0 aliphatic rings. The Bertz CT molecular complexity index is 437. The predicted molar refractivity (Wildman–Crippen MR) is 76.9 cm³/mol. The summed E-state index contributed by atoms with van der Waals surface area (Å²) in [6.07, 6.45) is 2.86. The van der Waals surface area contributed by atoms with Gasteiger partial charge in [0.05, 0.1) is 6.54 Å². The number of aromatic nitrogens is 1. The second-order valence-electron chi connectivity index (χ2n) is 3.82. The summed E-state index contributed by atoms with van der Waals surface area (Å²) in [5.41, 5.74) is 0.0102. The third kappa shape index (κ3) is 5.48. The number of hydrogen-bond acceptors (Lipinski definition) is 5. The number of hydrogen-bond donors (Lipinski definition) is 3. The van der Waals surface area contributed by atoms with Crippen LogP contribution in [0.4, 0.5) is 4.79 Å². The molecule has 6 nitrogen and oxygen atoms in total. The summed E-state index contributed by atoms with van der Waals surface area (Å²) in [4.78, 5) is 26.2. The zero-order chi connectivity index (χ0) is 14.3. The van der Waals surface area contributed by atoms with Crippen LogP contribution in [0.5, 0.6) is 0 Å². The third-order valence-corrected chi connectivity index (χ3v) is 3.95. The highest BCUT2D eigenvalue weighted by Gasteiger charge is 2.11. The van der Waals surface area contributed by atoms with Gasteiger partial charge < -0.3 is 15.7 Å². The van der Waals surface area contributed by atoms with Gasteiger partial charge in [-0.3, -0.25) is 0 Å². The van der Waals surface area contributed by atoms with Crippen molar-refractivity contribution in [2.45, 2.75) is 25.9 Å². The number of carboxylic acid groups (broad SMARTS) is 1. The summed E-state index contributed by atoms with van der Waals surface area (Å²) >= 11 is 2.90. The first-order chi connectivity index (χ1) is 9.06. The fourth-order valence-electron chi connectivity index (χ4n) is 1.35. The number of aromatic carboxylic acids is 1. The van der Waals surface area contributed by atoms with Gasteiger partial charge in [0.15, 0.2) is 5.69 Å². The van der Waals surface area contributed by atoms with Crippen LogP contribution >= 0.6 is 23.1 Å². The molecule has 0 aliphatic carbocycles. The van der Waals surface area contributed by atoms with Crippen molar-refractivity contribution in [1.29, 1.82) is 0 Å². The molecule has 0 aromatic carbocycles. The normalized spacial score (nSPS) is 11.9. The summed E-state index contributed by atoms with van der Waals surface area (Å²) in [6, 6.07) is -0.117. The number of carbonyl (C=O) groups is 2. The minimum atomic E-state index is -1.06. The van der Waals surface area contributed by atoms with Gasteiger partial charge in [0, 0.05) is 17.2 Å². The fourth-order valence-corrected chi connectivity index (χ4v) is 2.77. The van der Waals surface area contributed by atoms with Gasteiger partial charge in [-0.1, -0.05) is 6.92 Å². The topological polar surface area (TPSA) is 91.3 Å². The molecule has 0 saturated carbocycles. The average molecular weight is 303 g/mol. The molecular weight excluding hydrogens is 286 g/mol. The maximum absolute atomic E-state index is 11.6. The summed E-state index contributed by atoms with van der Waals surface area (Å²) < 4.78 is 0. The van der Waals surface area contributed by atoms with Crippen LogP contribution < -0.4 is 10.6 Å². The van der Waals surface area contributed by atoms with Crippen molar-refractivity contribution < 1.29 is 14.7 Å². The molecule has 0 saturated heterocycles. The number of urea groups is 1. The van der Waals surface area contributed by atoms with Gasteiger partial charge in [0.2, 0.25) is 0 Å². The average Bonchev–Trinajstić information content (AvgIpc) is 2.84. The van der Waals surface area contributed by atoms with Gasteiger partial charge in [0.25, 0.3) is 0 Å². The van der Waals surface area contributed by atoms with Gasteiger partial charge in [0.1, 0.15) is 5.01 Å². The second kappa shape index (κ2) is 8.00. The maximum atomic E-state index is 11.6. The lowest BCUT2D eigenvalue weighted by molar-refractivity contribution is 0.0691. The van der Waals surface area contributed by atoms with E-state index in [0.717, 1.165) is 12.2 Å². The van der Waals surface area contributed by atoms with Crippen molar-refractivity contribution in [1.82, 2.24) is 15.6 Å². The van der Waals surface area contributed by atoms with E-state index in [2.05, 4.69) is 15.6 Å². The Balaban J connectivity index is 2.38. The zero-order valence-electron chi connectivity index (χ0n) is 10.8. The highest BCUT2D eigenvalue weighted by atomic mass is 32.2. The van der Waals surface area contributed by atoms with Gasteiger partial charge in [-0.15, -0.1) is 11.3 Å². The lowest BCUT2D eigenvalue weighted by Crippen LogP contribution is -2.42. The first-order valence-corrected chi connectivity index (χ1v) is 8.05.